The highest BCUT2D eigenvalue weighted by molar-refractivity contribution is 5.76. The van der Waals surface area contributed by atoms with Gasteiger partial charge in [-0.25, -0.2) is 4.68 Å². The van der Waals surface area contributed by atoms with Crippen molar-refractivity contribution in [2.45, 2.75) is 25.9 Å². The maximum absolute atomic E-state index is 12.2. The lowest BCUT2D eigenvalue weighted by atomic mass is 10.1. The third-order valence-corrected chi connectivity index (χ3v) is 4.16. The molecule has 3 rings (SSSR count). The topological polar surface area (TPSA) is 64.0 Å². The molecule has 26 heavy (non-hydrogen) atoms. The van der Waals surface area contributed by atoms with Crippen molar-refractivity contribution >= 4 is 5.91 Å². The number of carbonyl (C=O) groups is 1. The maximum atomic E-state index is 12.2. The van der Waals surface area contributed by atoms with E-state index in [0.29, 0.717) is 5.69 Å². The van der Waals surface area contributed by atoms with E-state index in [4.69, 9.17) is 0 Å². The molecule has 0 bridgehead atoms. The molecular weight excluding hydrogens is 326 g/mol. The van der Waals surface area contributed by atoms with Crippen molar-refractivity contribution in [3.63, 3.8) is 0 Å². The van der Waals surface area contributed by atoms with Gasteiger partial charge in [0.05, 0.1) is 18.3 Å². The molecule has 0 saturated heterocycles. The Balaban J connectivity index is 1.64. The Morgan fingerprint density at radius 1 is 1.00 bits per heavy atom. The Kier molecular flexibility index (Phi) is 5.59. The summed E-state index contributed by atoms with van der Waals surface area (Å²) < 4.78 is 1.34. The first kappa shape index (κ1) is 17.6. The first-order chi connectivity index (χ1) is 12.6. The van der Waals surface area contributed by atoms with Crippen LogP contribution in [0.1, 0.15) is 24.9 Å². The predicted molar refractivity (Wildman–Crippen MR) is 102 cm³/mol. The van der Waals surface area contributed by atoms with E-state index >= 15 is 0 Å². The van der Waals surface area contributed by atoms with Gasteiger partial charge in [-0.1, -0.05) is 60.7 Å². The molecule has 1 amide bonds. The van der Waals surface area contributed by atoms with Gasteiger partial charge in [0, 0.05) is 18.1 Å². The summed E-state index contributed by atoms with van der Waals surface area (Å²) in [5, 5.41) is 7.33. The van der Waals surface area contributed by atoms with E-state index < -0.39 is 0 Å². The van der Waals surface area contributed by atoms with Gasteiger partial charge in [0.15, 0.2) is 0 Å². The summed E-state index contributed by atoms with van der Waals surface area (Å²) in [6.07, 6.45) is 0.197. The summed E-state index contributed by atoms with van der Waals surface area (Å²) in [4.78, 5) is 24.2. The van der Waals surface area contributed by atoms with Gasteiger partial charge in [-0.3, -0.25) is 9.59 Å². The third kappa shape index (κ3) is 4.45. The second-order valence-corrected chi connectivity index (χ2v) is 6.10. The molecule has 1 N–H and O–H groups in total. The van der Waals surface area contributed by atoms with E-state index in [1.807, 2.05) is 67.6 Å². The van der Waals surface area contributed by atoms with Crippen LogP contribution in [0.15, 0.2) is 77.6 Å². The van der Waals surface area contributed by atoms with E-state index in [0.717, 1.165) is 11.1 Å². The van der Waals surface area contributed by atoms with Crippen LogP contribution in [0, 0.1) is 0 Å². The van der Waals surface area contributed by atoms with E-state index in [1.54, 1.807) is 6.07 Å². The van der Waals surface area contributed by atoms with Crippen molar-refractivity contribution in [1.82, 2.24) is 15.1 Å². The number of nitrogens with one attached hydrogen (secondary N) is 1. The molecule has 1 atom stereocenters. The van der Waals surface area contributed by atoms with Crippen LogP contribution in [0.4, 0.5) is 0 Å². The predicted octanol–water partition coefficient (Wildman–Crippen LogP) is 3.18. The molecule has 0 unspecified atom stereocenters. The Hall–Kier alpha value is -3.21. The van der Waals surface area contributed by atoms with Crippen molar-refractivity contribution in [2.24, 2.45) is 0 Å². The fourth-order valence-electron chi connectivity index (χ4n) is 2.72. The van der Waals surface area contributed by atoms with Gasteiger partial charge in [-0.15, -0.1) is 0 Å². The van der Waals surface area contributed by atoms with Gasteiger partial charge in [0.2, 0.25) is 5.91 Å². The van der Waals surface area contributed by atoms with E-state index in [9.17, 15) is 9.59 Å². The van der Waals surface area contributed by atoms with Crippen molar-refractivity contribution < 1.29 is 4.79 Å². The Labute approximate surface area is 152 Å². The standard InChI is InChI=1S/C21H21N3O2/c1-16(17-8-4-2-5-9-17)22-20(25)14-15-24-21(26)13-12-19(23-24)18-10-6-3-7-11-18/h2-13,16H,14-15H2,1H3,(H,22,25)/t16-/m1/s1. The highest BCUT2D eigenvalue weighted by Crippen LogP contribution is 2.14. The zero-order valence-corrected chi connectivity index (χ0v) is 14.6. The van der Waals surface area contributed by atoms with Gasteiger partial charge in [-0.2, -0.15) is 5.10 Å². The first-order valence-electron chi connectivity index (χ1n) is 8.61. The minimum atomic E-state index is -0.214. The fourth-order valence-corrected chi connectivity index (χ4v) is 2.72. The van der Waals surface area contributed by atoms with Crippen LogP contribution in [-0.4, -0.2) is 15.7 Å². The number of rotatable bonds is 6. The molecule has 0 aliphatic heterocycles. The Morgan fingerprint density at radius 2 is 1.65 bits per heavy atom. The number of nitrogens with zero attached hydrogens (tertiary/aromatic N) is 2. The van der Waals surface area contributed by atoms with Crippen LogP contribution in [-0.2, 0) is 11.3 Å². The van der Waals surface area contributed by atoms with E-state index in [-0.39, 0.29) is 30.5 Å². The monoisotopic (exact) mass is 347 g/mol. The SMILES string of the molecule is C[C@@H](NC(=O)CCn1nc(-c2ccccc2)ccc1=O)c1ccccc1. The molecule has 1 heterocycles. The minimum absolute atomic E-state index is 0.0796. The lowest BCUT2D eigenvalue weighted by molar-refractivity contribution is -0.122. The van der Waals surface area contributed by atoms with E-state index in [1.165, 1.54) is 10.7 Å². The van der Waals surface area contributed by atoms with Crippen LogP contribution in [0.25, 0.3) is 11.3 Å². The van der Waals surface area contributed by atoms with Crippen molar-refractivity contribution in [2.75, 3.05) is 0 Å². The summed E-state index contributed by atoms with van der Waals surface area (Å²) in [6, 6.07) is 22.5. The highest BCUT2D eigenvalue weighted by Gasteiger charge is 2.10. The molecule has 0 saturated carbocycles. The Morgan fingerprint density at radius 3 is 2.35 bits per heavy atom. The molecule has 0 aliphatic rings. The highest BCUT2D eigenvalue weighted by atomic mass is 16.2. The Bertz CT molecular complexity index is 921. The zero-order chi connectivity index (χ0) is 18.4. The normalized spacial score (nSPS) is 11.7. The second-order valence-electron chi connectivity index (χ2n) is 6.10. The molecule has 2 aromatic carbocycles. The molecule has 5 heteroatoms. The third-order valence-electron chi connectivity index (χ3n) is 4.16. The number of carbonyl (C=O) groups excluding carboxylic acids is 1. The molecule has 0 spiro atoms. The van der Waals surface area contributed by atoms with Gasteiger partial charge in [0.1, 0.15) is 0 Å². The van der Waals surface area contributed by atoms with Gasteiger partial charge in [-0.05, 0) is 18.6 Å². The lowest BCUT2D eigenvalue weighted by Gasteiger charge is -2.14. The molecule has 0 fully saturated rings. The second kappa shape index (κ2) is 8.25. The maximum Gasteiger partial charge on any atom is 0.266 e. The smallest absolute Gasteiger partial charge is 0.266 e. The molecule has 5 nitrogen and oxygen atoms in total. The average molecular weight is 347 g/mol. The summed E-state index contributed by atoms with van der Waals surface area (Å²) in [5.74, 6) is -0.111. The largest absolute Gasteiger partial charge is 0.350 e. The average Bonchev–Trinajstić information content (AvgIpc) is 2.68. The quantitative estimate of drug-likeness (QED) is 0.745. The van der Waals surface area contributed by atoms with Crippen molar-refractivity contribution in [3.8, 4) is 11.3 Å². The van der Waals surface area contributed by atoms with Crippen LogP contribution in [0.5, 0.6) is 0 Å². The summed E-state index contributed by atoms with van der Waals surface area (Å²) in [7, 11) is 0. The molecule has 1 aromatic heterocycles. The first-order valence-corrected chi connectivity index (χ1v) is 8.61. The van der Waals surface area contributed by atoms with Gasteiger partial charge < -0.3 is 5.32 Å². The van der Waals surface area contributed by atoms with Gasteiger partial charge >= 0.3 is 0 Å². The van der Waals surface area contributed by atoms with E-state index in [2.05, 4.69) is 10.4 Å². The number of aromatic nitrogens is 2. The van der Waals surface area contributed by atoms with Crippen molar-refractivity contribution in [3.05, 3.63) is 88.7 Å². The number of hydrogen-bond donors (Lipinski definition) is 1. The number of benzene rings is 2. The molecule has 0 radical (unpaired) electrons. The zero-order valence-electron chi connectivity index (χ0n) is 14.6. The fraction of sp³-hybridized carbons (Fsp3) is 0.190. The minimum Gasteiger partial charge on any atom is -0.350 e. The lowest BCUT2D eigenvalue weighted by Crippen LogP contribution is -2.30. The van der Waals surface area contributed by atoms with Crippen molar-refractivity contribution in [1.29, 1.82) is 0 Å². The molecule has 132 valence electrons. The van der Waals surface area contributed by atoms with Crippen LogP contribution < -0.4 is 10.9 Å². The molecule has 0 aliphatic carbocycles. The number of amides is 1. The van der Waals surface area contributed by atoms with Crippen LogP contribution >= 0.6 is 0 Å². The summed E-state index contributed by atoms with van der Waals surface area (Å²) in [5.41, 5.74) is 2.47. The number of hydrogen-bond acceptors (Lipinski definition) is 3. The summed E-state index contributed by atoms with van der Waals surface area (Å²) in [6.45, 7) is 2.18. The molecule has 3 aromatic rings. The molecular formula is C21H21N3O2. The van der Waals surface area contributed by atoms with Gasteiger partial charge in [0.25, 0.3) is 5.56 Å². The van der Waals surface area contributed by atoms with Crippen LogP contribution in [0.3, 0.4) is 0 Å². The summed E-state index contributed by atoms with van der Waals surface area (Å²) >= 11 is 0. The number of aryl methyl sites for hydroxylation is 1. The van der Waals surface area contributed by atoms with Crippen LogP contribution in [0.2, 0.25) is 0 Å².